The van der Waals surface area contributed by atoms with Gasteiger partial charge in [0.2, 0.25) is 0 Å². The number of ether oxygens (including phenoxy) is 1. The minimum Gasteiger partial charge on any atom is -0.496 e. The van der Waals surface area contributed by atoms with Crippen LogP contribution in [0.3, 0.4) is 0 Å². The number of para-hydroxylation sites is 1. The van der Waals surface area contributed by atoms with Crippen molar-refractivity contribution in [3.8, 4) is 16.3 Å². The Morgan fingerprint density at radius 2 is 1.80 bits per heavy atom. The summed E-state index contributed by atoms with van der Waals surface area (Å²) in [6, 6.07) is 15.5. The molecule has 0 bridgehead atoms. The van der Waals surface area contributed by atoms with Crippen LogP contribution in [-0.2, 0) is 0 Å². The normalized spacial score (nSPS) is 11.0. The Labute approximate surface area is 203 Å². The van der Waals surface area contributed by atoms with Crippen LogP contribution in [0.5, 0.6) is 5.75 Å². The van der Waals surface area contributed by atoms with Crippen LogP contribution in [0, 0.1) is 6.92 Å². The molecule has 0 atom stereocenters. The Balaban J connectivity index is 1.81. The molecule has 0 saturated heterocycles. The first-order valence-corrected chi connectivity index (χ1v) is 12.1. The Morgan fingerprint density at radius 3 is 2.53 bits per heavy atom. The van der Waals surface area contributed by atoms with Gasteiger partial charge in [-0.25, -0.2) is 4.98 Å². The van der Waals surface area contributed by atoms with E-state index in [0.29, 0.717) is 17.0 Å². The van der Waals surface area contributed by atoms with Crippen LogP contribution in [0.2, 0.25) is 0 Å². The first-order chi connectivity index (χ1) is 14.4. The maximum absolute atomic E-state index is 13.2. The number of carbonyl (C=O) groups excluding carboxylic acids is 1. The molecule has 0 aliphatic carbocycles. The molecule has 30 heavy (non-hydrogen) atoms. The summed E-state index contributed by atoms with van der Waals surface area (Å²) in [7, 11) is 1.56. The average Bonchev–Trinajstić information content (AvgIpc) is 3.13. The first kappa shape index (κ1) is 21.5. The van der Waals surface area contributed by atoms with Crippen molar-refractivity contribution in [2.24, 2.45) is 0 Å². The van der Waals surface area contributed by atoms with Crippen LogP contribution in [0.25, 0.3) is 20.8 Å². The van der Waals surface area contributed by atoms with Crippen LogP contribution in [0.1, 0.15) is 15.9 Å². The van der Waals surface area contributed by atoms with Crippen LogP contribution in [0.4, 0.5) is 5.69 Å². The van der Waals surface area contributed by atoms with Crippen molar-refractivity contribution in [3.63, 3.8) is 0 Å². The minimum absolute atomic E-state index is 0.262. The highest BCUT2D eigenvalue weighted by Gasteiger charge is 2.20. The summed E-state index contributed by atoms with van der Waals surface area (Å²) in [6.45, 7) is 1.91. The standard InChI is InChI=1S/C22H15Br3N2O2S/c1-11-7-12(23)9-15(20(11)29-2)21(28)27-19-14(8-13(24)10-16(19)25)22-26-17-5-3-4-6-18(17)30-22/h3-10H,1-2H3,(H,27,28). The van der Waals surface area contributed by atoms with Crippen molar-refractivity contribution in [2.75, 3.05) is 12.4 Å². The number of halogens is 3. The molecule has 1 amide bonds. The van der Waals surface area contributed by atoms with E-state index in [1.807, 2.05) is 49.4 Å². The van der Waals surface area contributed by atoms with Crippen LogP contribution < -0.4 is 10.1 Å². The Bertz CT molecular complexity index is 1250. The molecule has 0 unspecified atom stereocenters. The highest BCUT2D eigenvalue weighted by Crippen LogP contribution is 2.41. The lowest BCUT2D eigenvalue weighted by Gasteiger charge is -2.15. The third-order valence-electron chi connectivity index (χ3n) is 4.51. The first-order valence-electron chi connectivity index (χ1n) is 8.88. The fourth-order valence-corrected chi connectivity index (χ4v) is 6.09. The van der Waals surface area contributed by atoms with Gasteiger partial charge in [-0.05, 0) is 64.8 Å². The lowest BCUT2D eigenvalue weighted by Crippen LogP contribution is -2.15. The number of hydrogen-bond acceptors (Lipinski definition) is 4. The Kier molecular flexibility index (Phi) is 6.29. The second-order valence-electron chi connectivity index (χ2n) is 6.55. The monoisotopic (exact) mass is 608 g/mol. The van der Waals surface area contributed by atoms with Crippen molar-refractivity contribution in [1.29, 1.82) is 0 Å². The number of fused-ring (bicyclic) bond motifs is 1. The predicted molar refractivity (Wildman–Crippen MR) is 134 cm³/mol. The van der Waals surface area contributed by atoms with Crippen molar-refractivity contribution in [2.45, 2.75) is 6.92 Å². The molecular weight excluding hydrogens is 596 g/mol. The maximum atomic E-state index is 13.2. The third-order valence-corrected chi connectivity index (χ3v) is 7.12. The van der Waals surface area contributed by atoms with E-state index in [9.17, 15) is 4.79 Å². The van der Waals surface area contributed by atoms with E-state index in [2.05, 4.69) is 53.1 Å². The highest BCUT2D eigenvalue weighted by atomic mass is 79.9. The molecule has 0 spiro atoms. The van der Waals surface area contributed by atoms with Crippen molar-refractivity contribution < 1.29 is 9.53 Å². The van der Waals surface area contributed by atoms with Crippen LogP contribution in [-0.4, -0.2) is 18.0 Å². The van der Waals surface area contributed by atoms with Gasteiger partial charge in [-0.3, -0.25) is 4.79 Å². The molecule has 1 aromatic heterocycles. The zero-order chi connectivity index (χ0) is 21.4. The number of nitrogens with one attached hydrogen (secondary N) is 1. The van der Waals surface area contributed by atoms with E-state index < -0.39 is 0 Å². The molecule has 1 heterocycles. The lowest BCUT2D eigenvalue weighted by molar-refractivity contribution is 0.102. The summed E-state index contributed by atoms with van der Waals surface area (Å²) in [5.41, 5.74) is 3.74. The van der Waals surface area contributed by atoms with Gasteiger partial charge in [-0.2, -0.15) is 0 Å². The maximum Gasteiger partial charge on any atom is 0.259 e. The van der Waals surface area contributed by atoms with E-state index in [1.165, 1.54) is 0 Å². The molecule has 4 aromatic rings. The molecule has 152 valence electrons. The van der Waals surface area contributed by atoms with Gasteiger partial charge < -0.3 is 10.1 Å². The number of methoxy groups -OCH3 is 1. The fraction of sp³-hybridized carbons (Fsp3) is 0.0909. The molecule has 0 aliphatic rings. The van der Waals surface area contributed by atoms with Gasteiger partial charge in [0.05, 0.1) is 28.6 Å². The molecule has 0 saturated carbocycles. The largest absolute Gasteiger partial charge is 0.496 e. The Hall–Kier alpha value is -1.74. The van der Waals surface area contributed by atoms with Gasteiger partial charge in [0.25, 0.3) is 5.91 Å². The number of aryl methyl sites for hydroxylation is 1. The molecule has 1 N–H and O–H groups in total. The number of aromatic nitrogens is 1. The van der Waals surface area contributed by atoms with E-state index >= 15 is 0 Å². The smallest absolute Gasteiger partial charge is 0.259 e. The van der Waals surface area contributed by atoms with Crippen LogP contribution >= 0.6 is 59.1 Å². The van der Waals surface area contributed by atoms with Gasteiger partial charge in [-0.1, -0.05) is 44.0 Å². The topological polar surface area (TPSA) is 51.2 Å². The summed E-state index contributed by atoms with van der Waals surface area (Å²) in [5, 5.41) is 3.88. The summed E-state index contributed by atoms with van der Waals surface area (Å²) in [6.07, 6.45) is 0. The van der Waals surface area contributed by atoms with Gasteiger partial charge >= 0.3 is 0 Å². The number of nitrogens with zero attached hydrogens (tertiary/aromatic N) is 1. The zero-order valence-corrected chi connectivity index (χ0v) is 21.5. The second kappa shape index (κ2) is 8.78. The zero-order valence-electron chi connectivity index (χ0n) is 15.9. The van der Waals surface area contributed by atoms with Gasteiger partial charge in [-0.15, -0.1) is 11.3 Å². The number of thiazole rings is 1. The number of rotatable bonds is 4. The van der Waals surface area contributed by atoms with E-state index in [-0.39, 0.29) is 5.91 Å². The van der Waals surface area contributed by atoms with Gasteiger partial charge in [0.15, 0.2) is 0 Å². The van der Waals surface area contributed by atoms with E-state index in [0.717, 1.165) is 39.8 Å². The van der Waals surface area contributed by atoms with Crippen molar-refractivity contribution in [1.82, 2.24) is 4.98 Å². The molecule has 3 aromatic carbocycles. The van der Waals surface area contributed by atoms with Gasteiger partial charge in [0, 0.05) is 19.0 Å². The predicted octanol–water partition coefficient (Wildman–Crippen LogP) is 7.82. The number of anilines is 1. The van der Waals surface area contributed by atoms with Crippen molar-refractivity contribution >= 4 is 80.9 Å². The van der Waals surface area contributed by atoms with E-state index in [4.69, 9.17) is 9.72 Å². The van der Waals surface area contributed by atoms with Crippen molar-refractivity contribution in [3.05, 3.63) is 73.1 Å². The van der Waals surface area contributed by atoms with E-state index in [1.54, 1.807) is 24.5 Å². The quantitative estimate of drug-likeness (QED) is 0.256. The number of hydrogen-bond donors (Lipinski definition) is 1. The summed E-state index contributed by atoms with van der Waals surface area (Å²) >= 11 is 12.2. The molecule has 0 aliphatic heterocycles. The summed E-state index contributed by atoms with van der Waals surface area (Å²) in [5.74, 6) is 0.284. The Morgan fingerprint density at radius 1 is 1.07 bits per heavy atom. The molecule has 8 heteroatoms. The lowest BCUT2D eigenvalue weighted by atomic mass is 10.1. The van der Waals surface area contributed by atoms with Gasteiger partial charge in [0.1, 0.15) is 10.8 Å². The summed E-state index contributed by atoms with van der Waals surface area (Å²) in [4.78, 5) is 18.0. The second-order valence-corrected chi connectivity index (χ2v) is 10.3. The molecular formula is C22H15Br3N2O2S. The summed E-state index contributed by atoms with van der Waals surface area (Å²) < 4.78 is 9.02. The molecule has 4 rings (SSSR count). The molecule has 0 fully saturated rings. The number of amides is 1. The molecule has 0 radical (unpaired) electrons. The number of benzene rings is 3. The molecule has 4 nitrogen and oxygen atoms in total. The van der Waals surface area contributed by atoms with Crippen LogP contribution in [0.15, 0.2) is 61.9 Å². The average molecular weight is 611 g/mol. The number of carbonyl (C=O) groups is 1. The third kappa shape index (κ3) is 4.19. The highest BCUT2D eigenvalue weighted by molar-refractivity contribution is 9.11. The fourth-order valence-electron chi connectivity index (χ4n) is 3.21. The SMILES string of the molecule is COc1c(C)cc(Br)cc1C(=O)Nc1c(Br)cc(Br)cc1-c1nc2ccccc2s1. The minimum atomic E-state index is -0.262.